The van der Waals surface area contributed by atoms with E-state index >= 15 is 0 Å². The van der Waals surface area contributed by atoms with Crippen LogP contribution in [0.3, 0.4) is 0 Å². The van der Waals surface area contributed by atoms with Crippen molar-refractivity contribution in [1.82, 2.24) is 26.2 Å². The average molecular weight is 548 g/mol. The molecule has 39 heavy (non-hydrogen) atoms. The Morgan fingerprint density at radius 1 is 1.05 bits per heavy atom. The van der Waals surface area contributed by atoms with Crippen LogP contribution in [0.2, 0.25) is 0 Å². The highest BCUT2D eigenvalue weighted by Crippen LogP contribution is 2.41. The fraction of sp³-hybridized carbons (Fsp3) is 0.793. The van der Waals surface area contributed by atoms with Crippen LogP contribution in [0.5, 0.6) is 0 Å². The second-order valence-electron chi connectivity index (χ2n) is 11.9. The summed E-state index contributed by atoms with van der Waals surface area (Å²) in [7, 11) is 0. The summed E-state index contributed by atoms with van der Waals surface area (Å²) in [6.07, 6.45) is 6.89. The van der Waals surface area contributed by atoms with Crippen LogP contribution in [0.1, 0.15) is 79.6 Å². The summed E-state index contributed by atoms with van der Waals surface area (Å²) in [4.78, 5) is 53.8. The molecule has 0 aromatic carbocycles. The van der Waals surface area contributed by atoms with E-state index in [1.807, 2.05) is 25.7 Å². The third-order valence-electron chi connectivity index (χ3n) is 8.24. The molecule has 10 nitrogen and oxygen atoms in total. The molecule has 0 spiro atoms. The van der Waals surface area contributed by atoms with Crippen LogP contribution in [-0.4, -0.2) is 78.1 Å². The maximum atomic E-state index is 14.1. The summed E-state index contributed by atoms with van der Waals surface area (Å²) in [5.41, 5.74) is 0. The minimum absolute atomic E-state index is 0.0292. The number of nitrogens with zero attached hydrogens (tertiary/aromatic N) is 1. The van der Waals surface area contributed by atoms with Crippen molar-refractivity contribution in [3.63, 3.8) is 0 Å². The highest BCUT2D eigenvalue weighted by molar-refractivity contribution is 6.38. The third-order valence-corrected chi connectivity index (χ3v) is 8.24. The van der Waals surface area contributed by atoms with Gasteiger partial charge in [0.05, 0.1) is 12.1 Å². The van der Waals surface area contributed by atoms with Crippen molar-refractivity contribution < 1.29 is 23.9 Å². The molecule has 2 aliphatic heterocycles. The van der Waals surface area contributed by atoms with Crippen molar-refractivity contribution in [1.29, 1.82) is 0 Å². The van der Waals surface area contributed by atoms with E-state index in [9.17, 15) is 19.2 Å². The number of amides is 4. The Balaban J connectivity index is 1.75. The van der Waals surface area contributed by atoms with E-state index in [0.717, 1.165) is 38.5 Å². The van der Waals surface area contributed by atoms with Crippen molar-refractivity contribution in [2.75, 3.05) is 13.1 Å². The van der Waals surface area contributed by atoms with E-state index in [1.165, 1.54) is 6.08 Å². The number of hydrogen-bond donors (Lipinski definition) is 4. The topological polar surface area (TPSA) is 132 Å². The molecule has 0 radical (unpaired) electrons. The molecule has 4 N–H and O–H groups in total. The van der Waals surface area contributed by atoms with Gasteiger partial charge in [-0.3, -0.25) is 19.7 Å². The number of carbonyl (C=O) groups is 4. The van der Waals surface area contributed by atoms with Gasteiger partial charge in [0.2, 0.25) is 11.7 Å². The van der Waals surface area contributed by atoms with Crippen molar-refractivity contribution in [3.05, 3.63) is 12.7 Å². The lowest BCUT2D eigenvalue weighted by molar-refractivity contribution is -0.139. The number of nitrogens with one attached hydrogen (secondary N) is 4. The van der Waals surface area contributed by atoms with Gasteiger partial charge >= 0.3 is 6.03 Å². The van der Waals surface area contributed by atoms with E-state index in [-0.39, 0.29) is 48.5 Å². The Morgan fingerprint density at radius 2 is 1.74 bits per heavy atom. The lowest BCUT2D eigenvalue weighted by Crippen LogP contribution is -2.57. The van der Waals surface area contributed by atoms with Crippen LogP contribution < -0.4 is 21.3 Å². The van der Waals surface area contributed by atoms with E-state index in [1.54, 1.807) is 0 Å². The van der Waals surface area contributed by atoms with Crippen molar-refractivity contribution in [3.8, 4) is 0 Å². The minimum atomic E-state index is -0.662. The number of ketones is 1. The van der Waals surface area contributed by atoms with Gasteiger partial charge in [0, 0.05) is 19.1 Å². The van der Waals surface area contributed by atoms with Gasteiger partial charge in [0.25, 0.3) is 5.91 Å². The Bertz CT molecular complexity index is 887. The second-order valence-corrected chi connectivity index (χ2v) is 11.9. The zero-order valence-electron chi connectivity index (χ0n) is 24.3. The Hall–Kier alpha value is -2.46. The molecule has 6 atom stereocenters. The van der Waals surface area contributed by atoms with Crippen LogP contribution in [0.25, 0.3) is 0 Å². The molecular weight excluding hydrogens is 498 g/mol. The lowest BCUT2D eigenvalue weighted by Gasteiger charge is -2.34. The summed E-state index contributed by atoms with van der Waals surface area (Å²) in [6.45, 7) is 14.5. The molecule has 0 bridgehead atoms. The van der Waals surface area contributed by atoms with Crippen molar-refractivity contribution in [2.24, 2.45) is 17.8 Å². The zero-order chi connectivity index (χ0) is 28.7. The zero-order valence-corrected chi connectivity index (χ0v) is 24.3. The standard InChI is InChI=1S/C29H49N5O5/c1-7-11-21(24(35)26(36)30-15-8-2)32-27-25(39-27)23-20(17(3)4)14-16-34(23)28(37)22(19-12-9-10-13-19)33-29(38)31-18(5)6/h8,17-23,25,27,32H,2,7,9-16H2,1,3-6H3,(H,30,36)(H2,31,33,38)/t20?,21?,22-,23-,25?,27?/m0/s1. The fourth-order valence-electron chi connectivity index (χ4n) is 6.25. The molecule has 0 aromatic rings. The monoisotopic (exact) mass is 547 g/mol. The third kappa shape index (κ3) is 8.03. The first-order chi connectivity index (χ1) is 18.6. The van der Waals surface area contributed by atoms with Gasteiger partial charge in [-0.05, 0) is 57.3 Å². The summed E-state index contributed by atoms with van der Waals surface area (Å²) >= 11 is 0. The van der Waals surface area contributed by atoms with Crippen LogP contribution >= 0.6 is 0 Å². The van der Waals surface area contributed by atoms with Gasteiger partial charge in [-0.15, -0.1) is 6.58 Å². The van der Waals surface area contributed by atoms with E-state index in [4.69, 9.17) is 4.74 Å². The van der Waals surface area contributed by atoms with Crippen LogP contribution in [-0.2, 0) is 19.1 Å². The van der Waals surface area contributed by atoms with Crippen LogP contribution in [0.15, 0.2) is 12.7 Å². The van der Waals surface area contributed by atoms with Gasteiger partial charge in [0.1, 0.15) is 18.4 Å². The van der Waals surface area contributed by atoms with Gasteiger partial charge in [-0.25, -0.2) is 4.79 Å². The molecule has 1 saturated carbocycles. The first-order valence-electron chi connectivity index (χ1n) is 14.8. The number of rotatable bonds is 14. The Kier molecular flexibility index (Phi) is 11.4. The smallest absolute Gasteiger partial charge is 0.315 e. The average Bonchev–Trinajstić information content (AvgIpc) is 3.25. The van der Waals surface area contributed by atoms with Gasteiger partial charge in [-0.1, -0.05) is 46.1 Å². The highest BCUT2D eigenvalue weighted by Gasteiger charge is 2.56. The van der Waals surface area contributed by atoms with Gasteiger partial charge < -0.3 is 25.6 Å². The lowest BCUT2D eigenvalue weighted by atomic mass is 9.86. The maximum Gasteiger partial charge on any atom is 0.315 e. The first kappa shape index (κ1) is 31.1. The van der Waals surface area contributed by atoms with Crippen molar-refractivity contribution in [2.45, 2.75) is 116 Å². The Labute approximate surface area is 233 Å². The Morgan fingerprint density at radius 3 is 2.33 bits per heavy atom. The number of hydrogen-bond acceptors (Lipinski definition) is 6. The molecule has 1 aliphatic carbocycles. The number of Topliss-reactive ketones (excluding diaryl/α,β-unsaturated/α-hetero) is 1. The van der Waals surface area contributed by atoms with Crippen LogP contribution in [0, 0.1) is 17.8 Å². The summed E-state index contributed by atoms with van der Waals surface area (Å²) in [5.74, 6) is -0.527. The molecule has 220 valence electrons. The first-order valence-corrected chi connectivity index (χ1v) is 14.8. The maximum absolute atomic E-state index is 14.1. The predicted octanol–water partition coefficient (Wildman–Crippen LogP) is 2.48. The van der Waals surface area contributed by atoms with Gasteiger partial charge in [0.15, 0.2) is 0 Å². The quantitative estimate of drug-likeness (QED) is 0.150. The molecule has 0 aromatic heterocycles. The molecule has 3 rings (SSSR count). The SMILES string of the molecule is C=CCNC(=O)C(=O)C(CCC)NC1OC1[C@@H]1C(C(C)C)CCN1C(=O)[C@@H](NC(=O)NC(C)C)C1CCCC1. The minimum Gasteiger partial charge on any atom is -0.351 e. The van der Waals surface area contributed by atoms with Gasteiger partial charge in [-0.2, -0.15) is 0 Å². The summed E-state index contributed by atoms with van der Waals surface area (Å²) in [6, 6.07) is -1.75. The molecule has 3 fully saturated rings. The molecule has 3 aliphatic rings. The second kappa shape index (κ2) is 14.3. The molecule has 2 heterocycles. The number of urea groups is 1. The normalized spacial score (nSPS) is 26.4. The highest BCUT2D eigenvalue weighted by atomic mass is 16.6. The fourth-order valence-corrected chi connectivity index (χ4v) is 6.25. The van der Waals surface area contributed by atoms with E-state index < -0.39 is 30.0 Å². The molecule has 10 heteroatoms. The number of epoxide rings is 1. The number of carbonyl (C=O) groups excluding carboxylic acids is 4. The number of ether oxygens (including phenoxy) is 1. The summed E-state index contributed by atoms with van der Waals surface area (Å²) in [5, 5.41) is 11.7. The molecule has 4 amide bonds. The van der Waals surface area contributed by atoms with Crippen molar-refractivity contribution >= 4 is 23.6 Å². The number of likely N-dealkylation sites (tertiary alicyclic amines) is 1. The van der Waals surface area contributed by atoms with Crippen LogP contribution in [0.4, 0.5) is 4.79 Å². The van der Waals surface area contributed by atoms with E-state index in [0.29, 0.717) is 18.9 Å². The molecular formula is C29H49N5O5. The molecule has 2 saturated heterocycles. The predicted molar refractivity (Wildman–Crippen MR) is 150 cm³/mol. The molecule has 4 unspecified atom stereocenters. The van der Waals surface area contributed by atoms with E-state index in [2.05, 4.69) is 41.7 Å². The largest absolute Gasteiger partial charge is 0.351 e. The summed E-state index contributed by atoms with van der Waals surface area (Å²) < 4.78 is 6.08.